The van der Waals surface area contributed by atoms with Crippen LogP contribution in [-0.2, 0) is 0 Å². The zero-order chi connectivity index (χ0) is 14.4. The average Bonchev–Trinajstić information content (AvgIpc) is 2.47. The first kappa shape index (κ1) is 13.8. The summed E-state index contributed by atoms with van der Waals surface area (Å²) in [4.78, 5) is 19.2. The van der Waals surface area contributed by atoms with Crippen LogP contribution in [0.25, 0.3) is 0 Å². The standard InChI is InChI=1S/C13H15N5O2/c14-5-8-20-10-3-1-9(2-4-10)18-13-11(12(15)19)16-6-7-17-13/h1-4,6-7H,5,8,14H2,(H2,15,19)(H,17,18). The number of rotatable bonds is 6. The van der Waals surface area contributed by atoms with Crippen LogP contribution in [0, 0.1) is 0 Å². The number of primary amides is 1. The summed E-state index contributed by atoms with van der Waals surface area (Å²) >= 11 is 0. The SMILES string of the molecule is NCCOc1ccc(Nc2nccnc2C(N)=O)cc1. The molecule has 7 nitrogen and oxygen atoms in total. The molecule has 0 spiro atoms. The Labute approximate surface area is 116 Å². The fraction of sp³-hybridized carbons (Fsp3) is 0.154. The van der Waals surface area contributed by atoms with E-state index >= 15 is 0 Å². The van der Waals surface area contributed by atoms with Crippen molar-refractivity contribution in [2.75, 3.05) is 18.5 Å². The van der Waals surface area contributed by atoms with Gasteiger partial charge in [0, 0.05) is 24.6 Å². The Bertz CT molecular complexity index is 586. The highest BCUT2D eigenvalue weighted by molar-refractivity contribution is 5.96. The molecule has 1 heterocycles. The van der Waals surface area contributed by atoms with E-state index in [1.54, 1.807) is 24.3 Å². The second kappa shape index (κ2) is 6.48. The summed E-state index contributed by atoms with van der Waals surface area (Å²) in [5.41, 5.74) is 11.4. The topological polar surface area (TPSA) is 116 Å². The fourth-order valence-corrected chi connectivity index (χ4v) is 1.56. The first-order valence-electron chi connectivity index (χ1n) is 6.01. The number of carbonyl (C=O) groups excluding carboxylic acids is 1. The number of hydrogen-bond donors (Lipinski definition) is 3. The van der Waals surface area contributed by atoms with Gasteiger partial charge in [-0.25, -0.2) is 9.97 Å². The molecular formula is C13H15N5O2. The van der Waals surface area contributed by atoms with E-state index in [0.29, 0.717) is 19.0 Å². The van der Waals surface area contributed by atoms with Gasteiger partial charge in [-0.1, -0.05) is 0 Å². The van der Waals surface area contributed by atoms with Gasteiger partial charge in [-0.15, -0.1) is 0 Å². The first-order chi connectivity index (χ1) is 9.70. The van der Waals surface area contributed by atoms with E-state index in [-0.39, 0.29) is 5.69 Å². The normalized spacial score (nSPS) is 10.1. The van der Waals surface area contributed by atoms with Crippen molar-refractivity contribution in [2.45, 2.75) is 0 Å². The van der Waals surface area contributed by atoms with Gasteiger partial charge in [-0.3, -0.25) is 4.79 Å². The average molecular weight is 273 g/mol. The molecule has 0 unspecified atom stereocenters. The number of anilines is 2. The number of nitrogens with zero attached hydrogens (tertiary/aromatic N) is 2. The first-order valence-corrected chi connectivity index (χ1v) is 6.01. The number of nitrogens with one attached hydrogen (secondary N) is 1. The Morgan fingerprint density at radius 3 is 2.55 bits per heavy atom. The van der Waals surface area contributed by atoms with Crippen molar-refractivity contribution in [1.82, 2.24) is 9.97 Å². The van der Waals surface area contributed by atoms with Gasteiger partial charge in [-0.2, -0.15) is 0 Å². The number of nitrogens with two attached hydrogens (primary N) is 2. The highest BCUT2D eigenvalue weighted by Gasteiger charge is 2.10. The van der Waals surface area contributed by atoms with Crippen LogP contribution in [0.15, 0.2) is 36.7 Å². The monoisotopic (exact) mass is 273 g/mol. The minimum absolute atomic E-state index is 0.0935. The third kappa shape index (κ3) is 3.42. The zero-order valence-corrected chi connectivity index (χ0v) is 10.7. The van der Waals surface area contributed by atoms with Crippen molar-refractivity contribution < 1.29 is 9.53 Å². The number of hydrogen-bond acceptors (Lipinski definition) is 6. The maximum atomic E-state index is 11.2. The molecule has 104 valence electrons. The van der Waals surface area contributed by atoms with E-state index in [9.17, 15) is 4.79 Å². The molecule has 2 rings (SSSR count). The van der Waals surface area contributed by atoms with Crippen LogP contribution in [0.1, 0.15) is 10.5 Å². The van der Waals surface area contributed by atoms with E-state index in [0.717, 1.165) is 11.4 Å². The third-order valence-electron chi connectivity index (χ3n) is 2.44. The number of amides is 1. The van der Waals surface area contributed by atoms with Crippen LogP contribution in [0.4, 0.5) is 11.5 Å². The van der Waals surface area contributed by atoms with Gasteiger partial charge < -0.3 is 21.5 Å². The maximum absolute atomic E-state index is 11.2. The fourth-order valence-electron chi connectivity index (χ4n) is 1.56. The molecule has 0 fully saturated rings. The lowest BCUT2D eigenvalue weighted by atomic mass is 10.3. The van der Waals surface area contributed by atoms with Crippen molar-refractivity contribution in [1.29, 1.82) is 0 Å². The maximum Gasteiger partial charge on any atom is 0.271 e. The van der Waals surface area contributed by atoms with Crippen molar-refractivity contribution in [3.8, 4) is 5.75 Å². The van der Waals surface area contributed by atoms with E-state index in [1.165, 1.54) is 12.4 Å². The molecule has 2 aromatic rings. The molecule has 0 radical (unpaired) electrons. The molecule has 20 heavy (non-hydrogen) atoms. The van der Waals surface area contributed by atoms with E-state index in [1.807, 2.05) is 0 Å². The van der Waals surface area contributed by atoms with Crippen molar-refractivity contribution >= 4 is 17.4 Å². The molecule has 0 atom stereocenters. The molecule has 0 bridgehead atoms. The summed E-state index contributed by atoms with van der Waals surface area (Å²) < 4.78 is 5.37. The lowest BCUT2D eigenvalue weighted by molar-refractivity contribution is 0.0996. The Balaban J connectivity index is 2.12. The molecule has 1 amide bonds. The molecule has 7 heteroatoms. The summed E-state index contributed by atoms with van der Waals surface area (Å²) in [7, 11) is 0. The van der Waals surface area contributed by atoms with Gasteiger partial charge in [0.15, 0.2) is 11.5 Å². The Morgan fingerprint density at radius 2 is 1.90 bits per heavy atom. The molecule has 1 aromatic carbocycles. The predicted octanol–water partition coefficient (Wildman–Crippen LogP) is 0.657. The lowest BCUT2D eigenvalue weighted by Gasteiger charge is -2.09. The molecule has 1 aromatic heterocycles. The van der Waals surface area contributed by atoms with Crippen molar-refractivity contribution in [3.63, 3.8) is 0 Å². The van der Waals surface area contributed by atoms with Gasteiger partial charge in [0.1, 0.15) is 12.4 Å². The third-order valence-corrected chi connectivity index (χ3v) is 2.44. The van der Waals surface area contributed by atoms with E-state index in [2.05, 4.69) is 15.3 Å². The number of carbonyl (C=O) groups is 1. The minimum atomic E-state index is -0.636. The van der Waals surface area contributed by atoms with E-state index < -0.39 is 5.91 Å². The number of benzene rings is 1. The van der Waals surface area contributed by atoms with Crippen molar-refractivity contribution in [3.05, 3.63) is 42.4 Å². The van der Waals surface area contributed by atoms with Gasteiger partial charge in [-0.05, 0) is 24.3 Å². The largest absolute Gasteiger partial charge is 0.492 e. The smallest absolute Gasteiger partial charge is 0.271 e. The predicted molar refractivity (Wildman–Crippen MR) is 74.8 cm³/mol. The van der Waals surface area contributed by atoms with Gasteiger partial charge in [0.2, 0.25) is 0 Å². The van der Waals surface area contributed by atoms with Crippen LogP contribution in [-0.4, -0.2) is 29.0 Å². The van der Waals surface area contributed by atoms with Crippen LogP contribution >= 0.6 is 0 Å². The Kier molecular flexibility index (Phi) is 4.46. The lowest BCUT2D eigenvalue weighted by Crippen LogP contribution is -2.16. The quantitative estimate of drug-likeness (QED) is 0.711. The van der Waals surface area contributed by atoms with Crippen LogP contribution in [0.2, 0.25) is 0 Å². The molecule has 0 aliphatic heterocycles. The molecule has 0 saturated heterocycles. The summed E-state index contributed by atoms with van der Waals surface area (Å²) in [5, 5.41) is 2.98. The van der Waals surface area contributed by atoms with Crippen LogP contribution in [0.3, 0.4) is 0 Å². The zero-order valence-electron chi connectivity index (χ0n) is 10.7. The Hall–Kier alpha value is -2.67. The second-order valence-electron chi connectivity index (χ2n) is 3.90. The van der Waals surface area contributed by atoms with E-state index in [4.69, 9.17) is 16.2 Å². The molecule has 5 N–H and O–H groups in total. The summed E-state index contributed by atoms with van der Waals surface area (Å²) in [6.45, 7) is 0.921. The number of aromatic nitrogens is 2. The second-order valence-corrected chi connectivity index (χ2v) is 3.90. The molecule has 0 saturated carbocycles. The molecular weight excluding hydrogens is 258 g/mol. The highest BCUT2D eigenvalue weighted by atomic mass is 16.5. The highest BCUT2D eigenvalue weighted by Crippen LogP contribution is 2.20. The molecule has 0 aliphatic rings. The van der Waals surface area contributed by atoms with Crippen LogP contribution in [0.5, 0.6) is 5.75 Å². The van der Waals surface area contributed by atoms with Gasteiger partial charge >= 0.3 is 0 Å². The van der Waals surface area contributed by atoms with Crippen LogP contribution < -0.4 is 21.5 Å². The number of ether oxygens (including phenoxy) is 1. The summed E-state index contributed by atoms with van der Waals surface area (Å²) in [6, 6.07) is 7.17. The minimum Gasteiger partial charge on any atom is -0.492 e. The summed E-state index contributed by atoms with van der Waals surface area (Å²) in [6.07, 6.45) is 2.89. The van der Waals surface area contributed by atoms with Crippen molar-refractivity contribution in [2.24, 2.45) is 11.5 Å². The molecule has 0 aliphatic carbocycles. The Morgan fingerprint density at radius 1 is 1.20 bits per heavy atom. The summed E-state index contributed by atoms with van der Waals surface area (Å²) in [5.74, 6) is 0.398. The van der Waals surface area contributed by atoms with Gasteiger partial charge in [0.25, 0.3) is 5.91 Å². The van der Waals surface area contributed by atoms with Gasteiger partial charge in [0.05, 0.1) is 0 Å².